The molecule has 3 aromatic rings. The van der Waals surface area contributed by atoms with E-state index in [1.165, 1.54) is 11.3 Å². The van der Waals surface area contributed by atoms with E-state index in [2.05, 4.69) is 10.3 Å². The maximum atomic E-state index is 12.5. The summed E-state index contributed by atoms with van der Waals surface area (Å²) >= 11 is 1.52. The Bertz CT molecular complexity index is 902. The molecule has 6 heteroatoms. The molecule has 3 rings (SSSR count). The molecule has 0 aliphatic carbocycles. The van der Waals surface area contributed by atoms with Crippen LogP contribution in [0.15, 0.2) is 48.5 Å². The van der Waals surface area contributed by atoms with Gasteiger partial charge in [-0.15, -0.1) is 11.3 Å². The van der Waals surface area contributed by atoms with Gasteiger partial charge in [0.05, 0.1) is 15.8 Å². The second kappa shape index (κ2) is 8.10. The number of nitrogens with zero attached hydrogens (tertiary/aromatic N) is 1. The van der Waals surface area contributed by atoms with Gasteiger partial charge in [-0.1, -0.05) is 37.3 Å². The Hall–Kier alpha value is -2.73. The van der Waals surface area contributed by atoms with Crippen molar-refractivity contribution >= 4 is 33.4 Å². The minimum absolute atomic E-state index is 0.0521. The molecule has 0 aliphatic heterocycles. The first-order valence-electron chi connectivity index (χ1n) is 8.50. The third-order valence-electron chi connectivity index (χ3n) is 4.03. The molecule has 1 atom stereocenters. The number of para-hydroxylation sites is 1. The fourth-order valence-corrected chi connectivity index (χ4v) is 3.47. The molecule has 0 saturated heterocycles. The summed E-state index contributed by atoms with van der Waals surface area (Å²) in [7, 11) is 0. The Morgan fingerprint density at radius 2 is 1.88 bits per heavy atom. The lowest BCUT2D eigenvalue weighted by molar-refractivity contribution is -0.124. The maximum absolute atomic E-state index is 12.5. The summed E-state index contributed by atoms with van der Waals surface area (Å²) in [5.41, 5.74) is 2.01. The first kappa shape index (κ1) is 18.1. The van der Waals surface area contributed by atoms with Crippen LogP contribution >= 0.6 is 11.3 Å². The average Bonchev–Trinajstić information content (AvgIpc) is 3.10. The van der Waals surface area contributed by atoms with Gasteiger partial charge >= 0.3 is 5.97 Å². The van der Waals surface area contributed by atoms with Crippen molar-refractivity contribution < 1.29 is 14.3 Å². The number of aromatic nitrogens is 1. The molecule has 0 spiro atoms. The van der Waals surface area contributed by atoms with Crippen molar-refractivity contribution in [1.82, 2.24) is 10.3 Å². The summed E-state index contributed by atoms with van der Waals surface area (Å²) in [6.45, 7) is 3.59. The van der Waals surface area contributed by atoms with Crippen LogP contribution in [0.3, 0.4) is 0 Å². The molecular formula is C20H20N2O3S. The van der Waals surface area contributed by atoms with Crippen LogP contribution in [0.1, 0.15) is 30.6 Å². The second-order valence-electron chi connectivity index (χ2n) is 5.99. The second-order valence-corrected chi connectivity index (χ2v) is 7.02. The van der Waals surface area contributed by atoms with Crippen LogP contribution in [0.4, 0.5) is 0 Å². The lowest BCUT2D eigenvalue weighted by Gasteiger charge is -2.12. The van der Waals surface area contributed by atoms with Crippen LogP contribution < -0.4 is 5.32 Å². The zero-order valence-corrected chi connectivity index (χ0v) is 15.5. The van der Waals surface area contributed by atoms with Crippen LogP contribution in [0.2, 0.25) is 0 Å². The third-order valence-corrected chi connectivity index (χ3v) is 5.10. The number of rotatable bonds is 6. The standard InChI is InChI=1S/C20H20N2O3S/c1-3-13(2)21-18(23)12-25-20(24)15-9-5-4-8-14(15)19-22-16-10-6-7-11-17(16)26-19/h4-11,13H,3,12H2,1-2H3,(H,21,23)/t13-/m0/s1. The van der Waals surface area contributed by atoms with Crippen molar-refractivity contribution in [3.8, 4) is 10.6 Å². The number of hydrogen-bond acceptors (Lipinski definition) is 5. The van der Waals surface area contributed by atoms with Crippen LogP contribution in [0.5, 0.6) is 0 Å². The largest absolute Gasteiger partial charge is 0.452 e. The van der Waals surface area contributed by atoms with E-state index >= 15 is 0 Å². The van der Waals surface area contributed by atoms with Gasteiger partial charge in [0.1, 0.15) is 5.01 Å². The summed E-state index contributed by atoms with van der Waals surface area (Å²) in [5.74, 6) is -0.829. The predicted octanol–water partition coefficient (Wildman–Crippen LogP) is 4.03. The van der Waals surface area contributed by atoms with Crippen molar-refractivity contribution in [1.29, 1.82) is 0 Å². The summed E-state index contributed by atoms with van der Waals surface area (Å²) in [6, 6.07) is 15.0. The number of hydrogen-bond donors (Lipinski definition) is 1. The molecule has 0 aliphatic rings. The van der Waals surface area contributed by atoms with Gasteiger partial charge in [-0.05, 0) is 31.5 Å². The number of benzene rings is 2. The number of thiazole rings is 1. The van der Waals surface area contributed by atoms with E-state index in [0.29, 0.717) is 11.1 Å². The molecule has 1 N–H and O–H groups in total. The quantitative estimate of drug-likeness (QED) is 0.667. The molecule has 0 unspecified atom stereocenters. The summed E-state index contributed by atoms with van der Waals surface area (Å²) < 4.78 is 6.25. The maximum Gasteiger partial charge on any atom is 0.339 e. The molecule has 2 aromatic carbocycles. The van der Waals surface area contributed by atoms with Gasteiger partial charge in [-0.2, -0.15) is 0 Å². The Kier molecular flexibility index (Phi) is 5.63. The van der Waals surface area contributed by atoms with Crippen LogP contribution in [-0.2, 0) is 9.53 Å². The molecule has 134 valence electrons. The highest BCUT2D eigenvalue weighted by atomic mass is 32.1. The minimum Gasteiger partial charge on any atom is -0.452 e. The van der Waals surface area contributed by atoms with E-state index in [4.69, 9.17) is 4.74 Å². The van der Waals surface area contributed by atoms with E-state index in [-0.39, 0.29) is 18.6 Å². The van der Waals surface area contributed by atoms with Crippen LogP contribution in [-0.4, -0.2) is 29.5 Å². The lowest BCUT2D eigenvalue weighted by Crippen LogP contribution is -2.35. The third kappa shape index (κ3) is 4.08. The first-order valence-corrected chi connectivity index (χ1v) is 9.31. The van der Waals surface area contributed by atoms with Crippen molar-refractivity contribution in [2.24, 2.45) is 0 Å². The number of carbonyl (C=O) groups excluding carboxylic acids is 2. The van der Waals surface area contributed by atoms with E-state index < -0.39 is 5.97 Å². The highest BCUT2D eigenvalue weighted by Gasteiger charge is 2.18. The molecule has 1 heterocycles. The molecule has 0 radical (unpaired) electrons. The van der Waals surface area contributed by atoms with Crippen LogP contribution in [0, 0.1) is 0 Å². The summed E-state index contributed by atoms with van der Waals surface area (Å²) in [4.78, 5) is 28.9. The number of carbonyl (C=O) groups is 2. The van der Waals surface area contributed by atoms with E-state index in [1.54, 1.807) is 12.1 Å². The SMILES string of the molecule is CC[C@H](C)NC(=O)COC(=O)c1ccccc1-c1nc2ccccc2s1. The van der Waals surface area contributed by atoms with Gasteiger partial charge in [-0.3, -0.25) is 4.79 Å². The topological polar surface area (TPSA) is 68.3 Å². The lowest BCUT2D eigenvalue weighted by atomic mass is 10.1. The average molecular weight is 368 g/mol. The number of ether oxygens (including phenoxy) is 1. The van der Waals surface area contributed by atoms with E-state index in [9.17, 15) is 9.59 Å². The summed E-state index contributed by atoms with van der Waals surface area (Å²) in [5, 5.41) is 3.53. The molecule has 0 fully saturated rings. The van der Waals surface area contributed by atoms with E-state index in [0.717, 1.165) is 21.6 Å². The van der Waals surface area contributed by atoms with Crippen molar-refractivity contribution in [3.05, 3.63) is 54.1 Å². The molecule has 26 heavy (non-hydrogen) atoms. The Balaban J connectivity index is 1.78. The van der Waals surface area contributed by atoms with Crippen molar-refractivity contribution in [3.63, 3.8) is 0 Å². The Morgan fingerprint density at radius 3 is 2.65 bits per heavy atom. The molecule has 0 saturated carbocycles. The van der Waals surface area contributed by atoms with Gasteiger partial charge in [-0.25, -0.2) is 9.78 Å². The monoisotopic (exact) mass is 368 g/mol. The van der Waals surface area contributed by atoms with E-state index in [1.807, 2.05) is 50.2 Å². The summed E-state index contributed by atoms with van der Waals surface area (Å²) in [6.07, 6.45) is 0.820. The minimum atomic E-state index is -0.529. The Morgan fingerprint density at radius 1 is 1.15 bits per heavy atom. The Labute approximate surface area is 156 Å². The van der Waals surface area contributed by atoms with Gasteiger partial charge in [0.2, 0.25) is 0 Å². The predicted molar refractivity (Wildman–Crippen MR) is 103 cm³/mol. The fraction of sp³-hybridized carbons (Fsp3) is 0.250. The molecule has 1 aromatic heterocycles. The number of esters is 1. The zero-order chi connectivity index (χ0) is 18.5. The van der Waals surface area contributed by atoms with Gasteiger partial charge in [0.15, 0.2) is 6.61 Å². The molecular weight excluding hydrogens is 348 g/mol. The molecule has 5 nitrogen and oxygen atoms in total. The van der Waals surface area contributed by atoms with Gasteiger partial charge < -0.3 is 10.1 Å². The number of fused-ring (bicyclic) bond motifs is 1. The number of nitrogens with one attached hydrogen (secondary N) is 1. The highest BCUT2D eigenvalue weighted by molar-refractivity contribution is 7.21. The normalized spacial score (nSPS) is 11.9. The van der Waals surface area contributed by atoms with Crippen LogP contribution in [0.25, 0.3) is 20.8 Å². The van der Waals surface area contributed by atoms with Gasteiger partial charge in [0.25, 0.3) is 5.91 Å². The highest BCUT2D eigenvalue weighted by Crippen LogP contribution is 2.32. The smallest absolute Gasteiger partial charge is 0.339 e. The zero-order valence-electron chi connectivity index (χ0n) is 14.7. The first-order chi connectivity index (χ1) is 12.6. The fourth-order valence-electron chi connectivity index (χ4n) is 2.46. The van der Waals surface area contributed by atoms with Crippen molar-refractivity contribution in [2.75, 3.05) is 6.61 Å². The molecule has 0 bridgehead atoms. The van der Waals surface area contributed by atoms with Gasteiger partial charge in [0, 0.05) is 11.6 Å². The van der Waals surface area contributed by atoms with Crippen molar-refractivity contribution in [2.45, 2.75) is 26.3 Å². The molecule has 1 amide bonds. The number of amides is 1.